The number of hydrogen-bond acceptors (Lipinski definition) is 3. The fraction of sp³-hybridized carbons (Fsp3) is 0.714. The highest BCUT2D eigenvalue weighted by Gasteiger charge is 2.20. The molecule has 1 unspecified atom stereocenters. The van der Waals surface area contributed by atoms with Crippen LogP contribution in [0.5, 0.6) is 0 Å². The van der Waals surface area contributed by atoms with Gasteiger partial charge in [-0.25, -0.2) is 0 Å². The Kier molecular flexibility index (Phi) is 6.97. The Morgan fingerprint density at radius 1 is 1.28 bits per heavy atom. The summed E-state index contributed by atoms with van der Waals surface area (Å²) in [6.07, 6.45) is 2.46. The first-order valence-corrected chi connectivity index (χ1v) is 7.49. The molecule has 1 rings (SSSR count). The van der Waals surface area contributed by atoms with Crippen molar-refractivity contribution in [3.05, 3.63) is 22.6 Å². The van der Waals surface area contributed by atoms with Gasteiger partial charge in [-0.2, -0.15) is 0 Å². The Labute approximate surface area is 119 Å². The second kappa shape index (κ2) is 7.97. The molecule has 0 aliphatic carbocycles. The number of nitrogens with zero attached hydrogens (tertiary/aromatic N) is 1. The minimum absolute atomic E-state index is 0.582. The highest BCUT2D eigenvalue weighted by atomic mass is 79.9. The summed E-state index contributed by atoms with van der Waals surface area (Å²) in [7, 11) is 4.32. The van der Waals surface area contributed by atoms with E-state index in [1.54, 1.807) is 0 Å². The van der Waals surface area contributed by atoms with E-state index in [0.29, 0.717) is 6.04 Å². The Morgan fingerprint density at radius 2 is 1.94 bits per heavy atom. The van der Waals surface area contributed by atoms with Gasteiger partial charge in [-0.3, -0.25) is 0 Å². The second-order valence-corrected chi connectivity index (χ2v) is 5.73. The third-order valence-electron chi connectivity index (χ3n) is 3.54. The van der Waals surface area contributed by atoms with E-state index in [-0.39, 0.29) is 0 Å². The largest absolute Gasteiger partial charge is 0.453 e. The van der Waals surface area contributed by atoms with E-state index in [1.165, 1.54) is 12.8 Å². The van der Waals surface area contributed by atoms with Crippen molar-refractivity contribution in [2.45, 2.75) is 39.3 Å². The minimum atomic E-state index is 0.582. The summed E-state index contributed by atoms with van der Waals surface area (Å²) in [6, 6.07) is 4.51. The maximum atomic E-state index is 5.48. The third kappa shape index (κ3) is 4.75. The van der Waals surface area contributed by atoms with Gasteiger partial charge >= 0.3 is 0 Å². The summed E-state index contributed by atoms with van der Waals surface area (Å²) in [5.74, 6) is 1.72. The fourth-order valence-corrected chi connectivity index (χ4v) is 2.73. The van der Waals surface area contributed by atoms with Crippen LogP contribution in [0.2, 0.25) is 0 Å². The molecular formula is C14H25BrN2O. The van der Waals surface area contributed by atoms with Crippen LogP contribution in [0.4, 0.5) is 0 Å². The smallest absolute Gasteiger partial charge is 0.169 e. The maximum Gasteiger partial charge on any atom is 0.169 e. The summed E-state index contributed by atoms with van der Waals surface area (Å²) in [5.41, 5.74) is 0. The molecule has 0 amide bonds. The van der Waals surface area contributed by atoms with Crippen molar-refractivity contribution in [2.24, 2.45) is 5.92 Å². The molecule has 0 bridgehead atoms. The molecule has 1 heterocycles. The number of halogens is 1. The van der Waals surface area contributed by atoms with Gasteiger partial charge in [0.2, 0.25) is 0 Å². The molecule has 0 spiro atoms. The van der Waals surface area contributed by atoms with E-state index in [9.17, 15) is 0 Å². The molecular weight excluding hydrogens is 292 g/mol. The van der Waals surface area contributed by atoms with Crippen molar-refractivity contribution >= 4 is 15.9 Å². The van der Waals surface area contributed by atoms with Crippen molar-refractivity contribution in [2.75, 3.05) is 20.6 Å². The van der Waals surface area contributed by atoms with Crippen LogP contribution in [-0.2, 0) is 6.54 Å². The maximum absolute atomic E-state index is 5.48. The molecule has 1 N–H and O–H groups in total. The van der Waals surface area contributed by atoms with E-state index in [0.717, 1.165) is 29.4 Å². The predicted octanol–water partition coefficient (Wildman–Crippen LogP) is 3.50. The molecule has 0 aromatic carbocycles. The summed E-state index contributed by atoms with van der Waals surface area (Å²) < 4.78 is 6.27. The lowest BCUT2D eigenvalue weighted by atomic mass is 9.93. The highest BCUT2D eigenvalue weighted by Crippen LogP contribution is 2.17. The molecule has 0 aliphatic rings. The first kappa shape index (κ1) is 15.7. The molecule has 0 saturated heterocycles. The highest BCUT2D eigenvalue weighted by molar-refractivity contribution is 9.10. The molecule has 1 atom stereocenters. The molecule has 0 radical (unpaired) electrons. The normalized spacial score (nSPS) is 13.5. The zero-order valence-electron chi connectivity index (χ0n) is 11.9. The fourth-order valence-electron chi connectivity index (χ4n) is 2.39. The van der Waals surface area contributed by atoms with Crippen LogP contribution in [0.25, 0.3) is 0 Å². The van der Waals surface area contributed by atoms with Crippen molar-refractivity contribution < 1.29 is 4.42 Å². The van der Waals surface area contributed by atoms with E-state index < -0.39 is 0 Å². The molecule has 1 aromatic heterocycles. The van der Waals surface area contributed by atoms with Crippen LogP contribution in [0.1, 0.15) is 32.4 Å². The van der Waals surface area contributed by atoms with Crippen molar-refractivity contribution in [3.8, 4) is 0 Å². The first-order chi connectivity index (χ1) is 8.58. The van der Waals surface area contributed by atoms with E-state index in [4.69, 9.17) is 4.42 Å². The van der Waals surface area contributed by atoms with Crippen molar-refractivity contribution in [3.63, 3.8) is 0 Å². The lowest BCUT2D eigenvalue weighted by Crippen LogP contribution is -2.42. The molecule has 0 saturated carbocycles. The molecule has 4 heteroatoms. The van der Waals surface area contributed by atoms with E-state index >= 15 is 0 Å². The lowest BCUT2D eigenvalue weighted by molar-refractivity contribution is 0.193. The number of furan rings is 1. The quantitative estimate of drug-likeness (QED) is 0.795. The Morgan fingerprint density at radius 3 is 2.39 bits per heavy atom. The van der Waals surface area contributed by atoms with Gasteiger partial charge in [0.25, 0.3) is 0 Å². The molecule has 1 aromatic rings. The summed E-state index contributed by atoms with van der Waals surface area (Å²) in [4.78, 5) is 2.32. The molecule has 0 aliphatic heterocycles. The Hall–Kier alpha value is -0.320. The first-order valence-electron chi connectivity index (χ1n) is 6.69. The average Bonchev–Trinajstić information content (AvgIpc) is 2.74. The van der Waals surface area contributed by atoms with Gasteiger partial charge < -0.3 is 14.6 Å². The van der Waals surface area contributed by atoms with Crippen LogP contribution in [-0.4, -0.2) is 31.6 Å². The van der Waals surface area contributed by atoms with Crippen molar-refractivity contribution in [1.82, 2.24) is 10.2 Å². The van der Waals surface area contributed by atoms with E-state index in [2.05, 4.69) is 54.1 Å². The zero-order chi connectivity index (χ0) is 13.5. The monoisotopic (exact) mass is 316 g/mol. The van der Waals surface area contributed by atoms with Gasteiger partial charge in [0.1, 0.15) is 5.76 Å². The van der Waals surface area contributed by atoms with Crippen LogP contribution in [0.15, 0.2) is 21.2 Å². The Bertz CT molecular complexity index is 334. The van der Waals surface area contributed by atoms with Gasteiger partial charge in [0.15, 0.2) is 4.67 Å². The molecule has 0 fully saturated rings. The number of nitrogens with one attached hydrogen (secondary N) is 1. The molecule has 3 nitrogen and oxygen atoms in total. The topological polar surface area (TPSA) is 28.4 Å². The van der Waals surface area contributed by atoms with E-state index in [1.807, 2.05) is 12.1 Å². The SMILES string of the molecule is CCC(CC)C(CNCc1ccc(Br)o1)N(C)C. The van der Waals surface area contributed by atoms with Crippen LogP contribution in [0.3, 0.4) is 0 Å². The van der Waals surface area contributed by atoms with Crippen LogP contribution < -0.4 is 5.32 Å². The summed E-state index contributed by atoms with van der Waals surface area (Å²) in [5, 5.41) is 3.49. The number of likely N-dealkylation sites (N-methyl/N-ethyl adjacent to an activating group) is 1. The standard InChI is InChI=1S/C14H25BrN2O/c1-5-11(6-2)13(17(3)4)10-16-9-12-7-8-14(15)18-12/h7-8,11,13,16H,5-6,9-10H2,1-4H3. The summed E-state index contributed by atoms with van der Waals surface area (Å²) >= 11 is 3.32. The Balaban J connectivity index is 2.42. The van der Waals surface area contributed by atoms with Gasteiger partial charge in [-0.05, 0) is 48.1 Å². The lowest BCUT2D eigenvalue weighted by Gasteiger charge is -2.31. The predicted molar refractivity (Wildman–Crippen MR) is 79.7 cm³/mol. The van der Waals surface area contributed by atoms with Crippen molar-refractivity contribution in [1.29, 1.82) is 0 Å². The van der Waals surface area contributed by atoms with Gasteiger partial charge in [0.05, 0.1) is 6.54 Å². The minimum Gasteiger partial charge on any atom is -0.453 e. The second-order valence-electron chi connectivity index (χ2n) is 4.94. The van der Waals surface area contributed by atoms with Crippen LogP contribution in [0, 0.1) is 5.92 Å². The van der Waals surface area contributed by atoms with Gasteiger partial charge in [0, 0.05) is 12.6 Å². The number of hydrogen-bond donors (Lipinski definition) is 1. The van der Waals surface area contributed by atoms with Gasteiger partial charge in [-0.1, -0.05) is 26.7 Å². The number of rotatable bonds is 8. The summed E-state index contributed by atoms with van der Waals surface area (Å²) in [6.45, 7) is 6.33. The van der Waals surface area contributed by atoms with Crippen LogP contribution >= 0.6 is 15.9 Å². The average molecular weight is 317 g/mol. The molecule has 18 heavy (non-hydrogen) atoms. The zero-order valence-corrected chi connectivity index (χ0v) is 13.5. The molecule has 104 valence electrons. The third-order valence-corrected chi connectivity index (χ3v) is 3.96. The van der Waals surface area contributed by atoms with Gasteiger partial charge in [-0.15, -0.1) is 0 Å².